The molecular weight excluding hydrogens is 353 g/mol. The molecule has 2 nitrogen and oxygen atoms in total. The maximum atomic E-state index is 6.12. The van der Waals surface area contributed by atoms with Gasteiger partial charge in [-0.25, -0.2) is 4.98 Å². The molecule has 25 heavy (non-hydrogen) atoms. The van der Waals surface area contributed by atoms with Crippen molar-refractivity contribution >= 4 is 34.1 Å². The molecule has 122 valence electrons. The molecule has 1 heterocycles. The Kier molecular flexibility index (Phi) is 4.31. The lowest BCUT2D eigenvalue weighted by molar-refractivity contribution is 0.483. The van der Waals surface area contributed by atoms with Crippen molar-refractivity contribution in [3.05, 3.63) is 88.9 Å². The Balaban J connectivity index is 1.90. The number of hydrogen-bond donors (Lipinski definition) is 0. The van der Waals surface area contributed by atoms with Gasteiger partial charge in [-0.05, 0) is 48.5 Å². The van der Waals surface area contributed by atoms with Crippen LogP contribution in [0, 0.1) is 0 Å². The quantitative estimate of drug-likeness (QED) is 0.389. The summed E-state index contributed by atoms with van der Waals surface area (Å²) < 4.78 is 6.10. The number of benzene rings is 3. The van der Waals surface area contributed by atoms with Crippen LogP contribution in [0.4, 0.5) is 0 Å². The first-order valence-corrected chi connectivity index (χ1v) is 8.54. The third kappa shape index (κ3) is 3.46. The van der Waals surface area contributed by atoms with Crippen molar-refractivity contribution < 1.29 is 4.74 Å². The summed E-state index contributed by atoms with van der Waals surface area (Å²) in [7, 11) is 0. The molecular formula is C21H13Cl2NO. The summed E-state index contributed by atoms with van der Waals surface area (Å²) in [5, 5.41) is 2.28. The van der Waals surface area contributed by atoms with E-state index in [4.69, 9.17) is 32.9 Å². The number of nitrogens with zero attached hydrogens (tertiary/aromatic N) is 1. The van der Waals surface area contributed by atoms with Crippen LogP contribution in [0.3, 0.4) is 0 Å². The van der Waals surface area contributed by atoms with E-state index in [2.05, 4.69) is 0 Å². The highest BCUT2D eigenvalue weighted by molar-refractivity contribution is 6.31. The number of ether oxygens (including phenoxy) is 1. The molecule has 0 aliphatic carbocycles. The van der Waals surface area contributed by atoms with Crippen LogP contribution in [0.25, 0.3) is 22.2 Å². The van der Waals surface area contributed by atoms with E-state index < -0.39 is 0 Å². The predicted molar refractivity (Wildman–Crippen MR) is 104 cm³/mol. The van der Waals surface area contributed by atoms with Crippen molar-refractivity contribution in [1.82, 2.24) is 4.98 Å². The van der Waals surface area contributed by atoms with Gasteiger partial charge in [0.15, 0.2) is 5.75 Å². The molecule has 0 unspecified atom stereocenters. The fourth-order valence-corrected chi connectivity index (χ4v) is 2.94. The summed E-state index contributed by atoms with van der Waals surface area (Å²) in [5.74, 6) is 1.42. The van der Waals surface area contributed by atoms with E-state index in [9.17, 15) is 0 Å². The topological polar surface area (TPSA) is 22.1 Å². The lowest BCUT2D eigenvalue weighted by atomic mass is 10.1. The van der Waals surface area contributed by atoms with Gasteiger partial charge in [-0.3, -0.25) is 0 Å². The normalized spacial score (nSPS) is 10.8. The third-order valence-electron chi connectivity index (χ3n) is 3.83. The fourth-order valence-electron chi connectivity index (χ4n) is 2.64. The summed E-state index contributed by atoms with van der Waals surface area (Å²) >= 11 is 12.1. The van der Waals surface area contributed by atoms with Gasteiger partial charge in [0.1, 0.15) is 11.4 Å². The molecule has 4 heteroatoms. The molecule has 0 fully saturated rings. The van der Waals surface area contributed by atoms with E-state index in [1.165, 1.54) is 0 Å². The second-order valence-corrected chi connectivity index (χ2v) is 6.47. The van der Waals surface area contributed by atoms with Gasteiger partial charge in [0.05, 0.1) is 5.52 Å². The Morgan fingerprint density at radius 2 is 1.44 bits per heavy atom. The Morgan fingerprint density at radius 3 is 2.20 bits per heavy atom. The summed E-state index contributed by atoms with van der Waals surface area (Å²) in [6.07, 6.45) is 0. The summed E-state index contributed by atoms with van der Waals surface area (Å²) in [6.45, 7) is 0. The van der Waals surface area contributed by atoms with Gasteiger partial charge in [0.25, 0.3) is 0 Å². The van der Waals surface area contributed by atoms with Crippen LogP contribution in [-0.2, 0) is 0 Å². The second-order valence-electron chi connectivity index (χ2n) is 5.59. The Hall–Kier alpha value is -2.55. The number of halogens is 2. The lowest BCUT2D eigenvalue weighted by Gasteiger charge is -2.12. The largest absolute Gasteiger partial charge is 0.455 e. The molecule has 0 saturated heterocycles. The van der Waals surface area contributed by atoms with Gasteiger partial charge in [0.2, 0.25) is 0 Å². The molecule has 1 aromatic heterocycles. The lowest BCUT2D eigenvalue weighted by Crippen LogP contribution is -1.93. The molecule has 0 amide bonds. The smallest absolute Gasteiger partial charge is 0.154 e. The minimum Gasteiger partial charge on any atom is -0.455 e. The van der Waals surface area contributed by atoms with E-state index in [-0.39, 0.29) is 0 Å². The Morgan fingerprint density at radius 1 is 0.720 bits per heavy atom. The first-order chi connectivity index (χ1) is 12.2. The highest BCUT2D eigenvalue weighted by atomic mass is 35.5. The van der Waals surface area contributed by atoms with Crippen LogP contribution in [0.1, 0.15) is 0 Å². The number of para-hydroxylation sites is 1. The van der Waals surface area contributed by atoms with Crippen molar-refractivity contribution in [2.45, 2.75) is 0 Å². The summed E-state index contributed by atoms with van der Waals surface area (Å²) in [6, 6.07) is 24.8. The van der Waals surface area contributed by atoms with Gasteiger partial charge < -0.3 is 4.74 Å². The third-order valence-corrected chi connectivity index (χ3v) is 4.32. The predicted octanol–water partition coefficient (Wildman–Crippen LogP) is 7.00. The molecule has 0 N–H and O–H groups in total. The first-order valence-electron chi connectivity index (χ1n) is 7.78. The molecule has 0 bridgehead atoms. The highest BCUT2D eigenvalue weighted by Crippen LogP contribution is 2.35. The van der Waals surface area contributed by atoms with E-state index in [1.807, 2.05) is 78.9 Å². The second kappa shape index (κ2) is 6.75. The molecule has 0 spiro atoms. The molecule has 0 saturated carbocycles. The zero-order valence-corrected chi connectivity index (χ0v) is 14.6. The van der Waals surface area contributed by atoms with E-state index >= 15 is 0 Å². The molecule has 4 rings (SSSR count). The van der Waals surface area contributed by atoms with Crippen LogP contribution in [-0.4, -0.2) is 4.98 Å². The zero-order chi connectivity index (χ0) is 17.2. The number of pyridine rings is 1. The SMILES string of the molecule is Clc1ccc(-c2nc3ccc(Cl)cc3cc2Oc2ccccc2)cc1. The molecule has 0 aliphatic heterocycles. The van der Waals surface area contributed by atoms with Gasteiger partial charge >= 0.3 is 0 Å². The number of fused-ring (bicyclic) bond motifs is 1. The molecule has 0 radical (unpaired) electrons. The van der Waals surface area contributed by atoms with Crippen LogP contribution in [0.5, 0.6) is 11.5 Å². The maximum Gasteiger partial charge on any atom is 0.154 e. The molecule has 4 aromatic rings. The van der Waals surface area contributed by atoms with Gasteiger partial charge in [-0.2, -0.15) is 0 Å². The van der Waals surface area contributed by atoms with Crippen LogP contribution >= 0.6 is 23.2 Å². The standard InChI is InChI=1S/C21H13Cl2NO/c22-16-8-6-14(7-9-16)21-20(25-18-4-2-1-3-5-18)13-15-12-17(23)10-11-19(15)24-21/h1-13H. The van der Waals surface area contributed by atoms with Crippen molar-refractivity contribution in [3.8, 4) is 22.8 Å². The van der Waals surface area contributed by atoms with Gasteiger partial charge in [-0.1, -0.05) is 53.5 Å². The minimum absolute atomic E-state index is 0.666. The Labute approximate surface area is 155 Å². The van der Waals surface area contributed by atoms with Crippen molar-refractivity contribution in [2.75, 3.05) is 0 Å². The van der Waals surface area contributed by atoms with Crippen LogP contribution in [0.15, 0.2) is 78.9 Å². The van der Waals surface area contributed by atoms with E-state index in [0.29, 0.717) is 15.8 Å². The Bertz CT molecular complexity index is 1030. The average Bonchev–Trinajstić information content (AvgIpc) is 2.63. The van der Waals surface area contributed by atoms with Gasteiger partial charge in [-0.15, -0.1) is 0 Å². The minimum atomic E-state index is 0.666. The summed E-state index contributed by atoms with van der Waals surface area (Å²) in [5.41, 5.74) is 2.55. The first kappa shape index (κ1) is 15.9. The maximum absolute atomic E-state index is 6.12. The van der Waals surface area contributed by atoms with Crippen molar-refractivity contribution in [2.24, 2.45) is 0 Å². The average molecular weight is 366 g/mol. The van der Waals surface area contributed by atoms with Gasteiger partial charge in [0, 0.05) is 21.0 Å². The zero-order valence-electron chi connectivity index (χ0n) is 13.1. The number of rotatable bonds is 3. The van der Waals surface area contributed by atoms with E-state index in [1.54, 1.807) is 0 Å². The van der Waals surface area contributed by atoms with Crippen LogP contribution in [0.2, 0.25) is 10.0 Å². The molecule has 0 atom stereocenters. The van der Waals surface area contributed by atoms with E-state index in [0.717, 1.165) is 27.9 Å². The summed E-state index contributed by atoms with van der Waals surface area (Å²) in [4.78, 5) is 4.79. The number of aromatic nitrogens is 1. The van der Waals surface area contributed by atoms with Crippen molar-refractivity contribution in [3.63, 3.8) is 0 Å². The van der Waals surface area contributed by atoms with Crippen LogP contribution < -0.4 is 4.74 Å². The van der Waals surface area contributed by atoms with Crippen molar-refractivity contribution in [1.29, 1.82) is 0 Å². The number of hydrogen-bond acceptors (Lipinski definition) is 2. The highest BCUT2D eigenvalue weighted by Gasteiger charge is 2.12. The molecule has 3 aromatic carbocycles. The fraction of sp³-hybridized carbons (Fsp3) is 0. The monoisotopic (exact) mass is 365 g/mol. The molecule has 0 aliphatic rings.